The summed E-state index contributed by atoms with van der Waals surface area (Å²) in [4.78, 5) is 35.8. The molecule has 0 fully saturated rings. The molecule has 0 saturated heterocycles. The summed E-state index contributed by atoms with van der Waals surface area (Å²) < 4.78 is 5.17. The fourth-order valence-corrected chi connectivity index (χ4v) is 2.43. The fraction of sp³-hybridized carbons (Fsp3) is 0.412. The van der Waals surface area contributed by atoms with E-state index in [0.29, 0.717) is 36.3 Å². The van der Waals surface area contributed by atoms with Crippen molar-refractivity contribution >= 4 is 29.1 Å². The number of carbonyl (C=O) groups is 3. The molecule has 1 aromatic carbocycles. The molecular formula is C17H22N4O4. The highest BCUT2D eigenvalue weighted by molar-refractivity contribution is 6.06. The maximum atomic E-state index is 12.5. The first kappa shape index (κ1) is 18.4. The second-order valence-corrected chi connectivity index (χ2v) is 5.70. The summed E-state index contributed by atoms with van der Waals surface area (Å²) in [5.74, 6) is -0.0924. The second kappa shape index (κ2) is 8.81. The summed E-state index contributed by atoms with van der Waals surface area (Å²) in [5, 5.41) is 15.8. The number of hydrogen-bond acceptors (Lipinski definition) is 5. The number of fused-ring (bicyclic) bond motifs is 1. The third-order valence-corrected chi connectivity index (χ3v) is 3.78. The largest absolute Gasteiger partial charge is 0.497 e. The van der Waals surface area contributed by atoms with Gasteiger partial charge in [-0.3, -0.25) is 19.8 Å². The average Bonchev–Trinajstić information content (AvgIpc) is 2.61. The maximum absolute atomic E-state index is 12.5. The minimum Gasteiger partial charge on any atom is -0.497 e. The van der Waals surface area contributed by atoms with Gasteiger partial charge in [0.05, 0.1) is 25.9 Å². The third kappa shape index (κ3) is 5.59. The number of hydrogen-bond donors (Lipinski definition) is 4. The second-order valence-electron chi connectivity index (χ2n) is 5.70. The van der Waals surface area contributed by atoms with Gasteiger partial charge in [-0.2, -0.15) is 0 Å². The number of Topliss-reactive ketones (excluding diaryl/α,β-unsaturated/α-hetero) is 1. The molecule has 0 unspecified atom stereocenters. The highest BCUT2D eigenvalue weighted by Crippen LogP contribution is 2.24. The van der Waals surface area contributed by atoms with Crippen molar-refractivity contribution in [3.05, 3.63) is 23.8 Å². The van der Waals surface area contributed by atoms with Gasteiger partial charge in [-0.05, 0) is 25.0 Å². The standard InChI is InChI=1S/C17H22N4O4/c1-25-11-6-7-12-13(8-11)21-15(18)9-19-17(24)10-20-16(23)5-3-2-4-14(12)22/h6-8H,2-5,9-10H2,1H3,(H2,18,21)(H,19,24)(H,20,23). The van der Waals surface area contributed by atoms with Crippen molar-refractivity contribution in [2.45, 2.75) is 25.7 Å². The van der Waals surface area contributed by atoms with Crippen molar-refractivity contribution in [1.29, 1.82) is 5.41 Å². The topological polar surface area (TPSA) is 120 Å². The summed E-state index contributed by atoms with van der Waals surface area (Å²) in [6, 6.07) is 4.98. The molecule has 0 radical (unpaired) electrons. The van der Waals surface area contributed by atoms with Crippen LogP contribution >= 0.6 is 0 Å². The summed E-state index contributed by atoms with van der Waals surface area (Å²) in [6.45, 7) is -0.172. The lowest BCUT2D eigenvalue weighted by Crippen LogP contribution is -2.40. The van der Waals surface area contributed by atoms with Gasteiger partial charge in [0.25, 0.3) is 0 Å². The Morgan fingerprint density at radius 2 is 1.72 bits per heavy atom. The van der Waals surface area contributed by atoms with E-state index < -0.39 is 0 Å². The van der Waals surface area contributed by atoms with Gasteiger partial charge in [-0.1, -0.05) is 0 Å². The molecule has 134 valence electrons. The molecule has 0 spiro atoms. The van der Waals surface area contributed by atoms with Crippen LogP contribution < -0.4 is 20.7 Å². The summed E-state index contributed by atoms with van der Waals surface area (Å²) in [7, 11) is 1.52. The van der Waals surface area contributed by atoms with Crippen molar-refractivity contribution in [3.8, 4) is 5.75 Å². The van der Waals surface area contributed by atoms with E-state index in [9.17, 15) is 14.4 Å². The molecule has 0 bridgehead atoms. The number of ether oxygens (including phenoxy) is 1. The van der Waals surface area contributed by atoms with Crippen LogP contribution in [0.5, 0.6) is 5.75 Å². The van der Waals surface area contributed by atoms with E-state index in [0.717, 1.165) is 0 Å². The first-order chi connectivity index (χ1) is 12.0. The van der Waals surface area contributed by atoms with Gasteiger partial charge in [0.1, 0.15) is 11.6 Å². The van der Waals surface area contributed by atoms with Gasteiger partial charge in [0, 0.05) is 24.5 Å². The Balaban J connectivity index is 2.21. The van der Waals surface area contributed by atoms with E-state index in [4.69, 9.17) is 10.1 Å². The van der Waals surface area contributed by atoms with Gasteiger partial charge >= 0.3 is 0 Å². The molecule has 1 aliphatic rings. The van der Waals surface area contributed by atoms with E-state index in [1.165, 1.54) is 7.11 Å². The van der Waals surface area contributed by atoms with Crippen molar-refractivity contribution in [1.82, 2.24) is 10.6 Å². The number of carbonyl (C=O) groups excluding carboxylic acids is 3. The van der Waals surface area contributed by atoms with Gasteiger partial charge < -0.3 is 20.7 Å². The molecule has 0 saturated carbocycles. The molecule has 1 heterocycles. The molecule has 4 N–H and O–H groups in total. The Bertz CT molecular complexity index is 687. The van der Waals surface area contributed by atoms with E-state index in [1.54, 1.807) is 18.2 Å². The Kier molecular flexibility index (Phi) is 6.50. The van der Waals surface area contributed by atoms with Crippen molar-refractivity contribution in [2.75, 3.05) is 25.5 Å². The highest BCUT2D eigenvalue weighted by Gasteiger charge is 2.15. The normalized spacial score (nSPS) is 17.3. The van der Waals surface area contributed by atoms with E-state index in [2.05, 4.69) is 16.0 Å². The van der Waals surface area contributed by atoms with Crippen LogP contribution in [0.25, 0.3) is 0 Å². The number of methoxy groups -OCH3 is 1. The zero-order valence-corrected chi connectivity index (χ0v) is 14.1. The Morgan fingerprint density at radius 3 is 2.48 bits per heavy atom. The molecular weight excluding hydrogens is 324 g/mol. The molecule has 25 heavy (non-hydrogen) atoms. The molecule has 2 amide bonds. The van der Waals surface area contributed by atoms with Crippen LogP contribution in [0.2, 0.25) is 0 Å². The van der Waals surface area contributed by atoms with Crippen LogP contribution in [0.4, 0.5) is 5.69 Å². The fourth-order valence-electron chi connectivity index (χ4n) is 2.43. The minimum atomic E-state index is -0.378. The van der Waals surface area contributed by atoms with Crippen molar-refractivity contribution in [2.24, 2.45) is 0 Å². The molecule has 1 aliphatic heterocycles. The molecule has 0 aliphatic carbocycles. The van der Waals surface area contributed by atoms with Gasteiger partial charge in [-0.15, -0.1) is 0 Å². The predicted octanol–water partition coefficient (Wildman–Crippen LogP) is 1.07. The quantitative estimate of drug-likeness (QED) is 0.606. The smallest absolute Gasteiger partial charge is 0.239 e. The minimum absolute atomic E-state index is 0.0249. The van der Waals surface area contributed by atoms with Crippen LogP contribution in [0.1, 0.15) is 36.0 Å². The third-order valence-electron chi connectivity index (χ3n) is 3.78. The van der Waals surface area contributed by atoms with Crippen LogP contribution in [0.15, 0.2) is 18.2 Å². The van der Waals surface area contributed by atoms with Crippen LogP contribution in [0, 0.1) is 5.41 Å². The summed E-state index contributed by atoms with van der Waals surface area (Å²) in [5.41, 5.74) is 0.920. The molecule has 1 aromatic rings. The number of amides is 2. The monoisotopic (exact) mass is 346 g/mol. The number of amidine groups is 1. The van der Waals surface area contributed by atoms with Crippen LogP contribution in [-0.4, -0.2) is 43.6 Å². The molecule has 8 nitrogen and oxygen atoms in total. The van der Waals surface area contributed by atoms with Gasteiger partial charge in [0.2, 0.25) is 11.8 Å². The molecule has 2 rings (SSSR count). The first-order valence-electron chi connectivity index (χ1n) is 8.08. The van der Waals surface area contributed by atoms with E-state index >= 15 is 0 Å². The Morgan fingerprint density at radius 1 is 1.00 bits per heavy atom. The predicted molar refractivity (Wildman–Crippen MR) is 93.2 cm³/mol. The van der Waals surface area contributed by atoms with E-state index in [1.807, 2.05) is 0 Å². The van der Waals surface area contributed by atoms with Crippen molar-refractivity contribution < 1.29 is 19.1 Å². The number of ketones is 1. The molecule has 0 aromatic heterocycles. The van der Waals surface area contributed by atoms with E-state index in [-0.39, 0.29) is 42.9 Å². The zero-order chi connectivity index (χ0) is 18.2. The van der Waals surface area contributed by atoms with Crippen molar-refractivity contribution in [3.63, 3.8) is 0 Å². The lowest BCUT2D eigenvalue weighted by molar-refractivity contribution is -0.126. The van der Waals surface area contributed by atoms with Gasteiger partial charge in [0.15, 0.2) is 5.78 Å². The zero-order valence-electron chi connectivity index (χ0n) is 14.1. The van der Waals surface area contributed by atoms with Gasteiger partial charge in [-0.25, -0.2) is 0 Å². The Hall–Kier alpha value is -2.90. The average molecular weight is 346 g/mol. The number of rotatable bonds is 1. The first-order valence-corrected chi connectivity index (χ1v) is 8.08. The summed E-state index contributed by atoms with van der Waals surface area (Å²) >= 11 is 0. The highest BCUT2D eigenvalue weighted by atomic mass is 16.5. The number of benzene rings is 1. The summed E-state index contributed by atoms with van der Waals surface area (Å²) in [6.07, 6.45) is 1.71. The Labute approximate surface area is 145 Å². The molecule has 8 heteroatoms. The SMILES string of the molecule is COc1ccc2c(c1)NC(=N)CNC(=O)CNC(=O)CCCCC2=O. The lowest BCUT2D eigenvalue weighted by Gasteiger charge is -2.14. The number of anilines is 1. The van der Waals surface area contributed by atoms with Crippen LogP contribution in [0.3, 0.4) is 0 Å². The maximum Gasteiger partial charge on any atom is 0.239 e. The lowest BCUT2D eigenvalue weighted by atomic mass is 10.0. The number of nitrogens with one attached hydrogen (secondary N) is 4. The van der Waals surface area contributed by atoms with Crippen LogP contribution in [-0.2, 0) is 9.59 Å². The molecule has 0 atom stereocenters.